The lowest BCUT2D eigenvalue weighted by Crippen LogP contribution is -2.30. The normalized spacial score (nSPS) is 20.2. The largest absolute Gasteiger partial charge is 0.347 e. The van der Waals surface area contributed by atoms with Gasteiger partial charge in [-0.2, -0.15) is 5.10 Å². The summed E-state index contributed by atoms with van der Waals surface area (Å²) in [7, 11) is 1.91. The highest BCUT2D eigenvalue weighted by atomic mass is 15.3. The number of H-pyrrole nitrogens is 1. The number of aromatic nitrogens is 5. The number of hydrogen-bond acceptors (Lipinski definition) is 4. The van der Waals surface area contributed by atoms with Crippen LogP contribution in [0.15, 0.2) is 12.7 Å². The SMILES string of the molecule is Cn1ncnc1C1Cc2nc[nH]c2CN1. The van der Waals surface area contributed by atoms with Crippen molar-refractivity contribution < 1.29 is 0 Å². The molecule has 3 rings (SSSR count). The molecule has 1 aliphatic rings. The van der Waals surface area contributed by atoms with E-state index >= 15 is 0 Å². The second-order valence-electron chi connectivity index (χ2n) is 3.71. The lowest BCUT2D eigenvalue weighted by atomic mass is 10.1. The molecular weight excluding hydrogens is 192 g/mol. The molecule has 2 aromatic heterocycles. The molecule has 2 aromatic rings. The van der Waals surface area contributed by atoms with Gasteiger partial charge in [0.25, 0.3) is 0 Å². The van der Waals surface area contributed by atoms with Crippen molar-refractivity contribution in [2.45, 2.75) is 19.0 Å². The molecule has 0 amide bonds. The van der Waals surface area contributed by atoms with Crippen LogP contribution < -0.4 is 5.32 Å². The Bertz CT molecular complexity index is 470. The first-order chi connectivity index (χ1) is 7.34. The van der Waals surface area contributed by atoms with Crippen LogP contribution in [-0.2, 0) is 20.0 Å². The monoisotopic (exact) mass is 204 g/mol. The Labute approximate surface area is 86.7 Å². The van der Waals surface area contributed by atoms with Gasteiger partial charge in [-0.15, -0.1) is 0 Å². The summed E-state index contributed by atoms with van der Waals surface area (Å²) in [5, 5.41) is 7.48. The van der Waals surface area contributed by atoms with Gasteiger partial charge < -0.3 is 10.3 Å². The highest BCUT2D eigenvalue weighted by Crippen LogP contribution is 2.21. The van der Waals surface area contributed by atoms with E-state index < -0.39 is 0 Å². The van der Waals surface area contributed by atoms with Crippen molar-refractivity contribution in [2.75, 3.05) is 0 Å². The van der Waals surface area contributed by atoms with Gasteiger partial charge >= 0.3 is 0 Å². The minimum Gasteiger partial charge on any atom is -0.347 e. The van der Waals surface area contributed by atoms with E-state index in [1.54, 1.807) is 17.3 Å². The molecule has 1 unspecified atom stereocenters. The van der Waals surface area contributed by atoms with Gasteiger partial charge in [0.2, 0.25) is 0 Å². The van der Waals surface area contributed by atoms with Crippen molar-refractivity contribution in [3.05, 3.63) is 29.9 Å². The predicted molar refractivity (Wildman–Crippen MR) is 52.9 cm³/mol. The zero-order chi connectivity index (χ0) is 10.3. The van der Waals surface area contributed by atoms with E-state index in [4.69, 9.17) is 0 Å². The van der Waals surface area contributed by atoms with Gasteiger partial charge in [-0.1, -0.05) is 0 Å². The topological polar surface area (TPSA) is 71.4 Å². The Kier molecular flexibility index (Phi) is 1.81. The fourth-order valence-electron chi connectivity index (χ4n) is 1.97. The van der Waals surface area contributed by atoms with Gasteiger partial charge in [-0.05, 0) is 0 Å². The summed E-state index contributed by atoms with van der Waals surface area (Å²) in [6.45, 7) is 0.812. The smallest absolute Gasteiger partial charge is 0.144 e. The van der Waals surface area contributed by atoms with Crippen LogP contribution in [0.25, 0.3) is 0 Å². The Morgan fingerprint density at radius 1 is 1.47 bits per heavy atom. The predicted octanol–water partition coefficient (Wildman–Crippen LogP) is -0.0748. The summed E-state index contributed by atoms with van der Waals surface area (Å²) in [4.78, 5) is 11.7. The van der Waals surface area contributed by atoms with Crippen LogP contribution in [0.1, 0.15) is 23.3 Å². The van der Waals surface area contributed by atoms with Gasteiger partial charge in [0, 0.05) is 20.0 Å². The van der Waals surface area contributed by atoms with Crippen LogP contribution in [0.2, 0.25) is 0 Å². The lowest BCUT2D eigenvalue weighted by Gasteiger charge is -2.21. The second kappa shape index (κ2) is 3.16. The molecule has 0 bridgehead atoms. The van der Waals surface area contributed by atoms with Gasteiger partial charge in [-0.3, -0.25) is 4.68 Å². The summed E-state index contributed by atoms with van der Waals surface area (Å²) in [6.07, 6.45) is 4.19. The number of fused-ring (bicyclic) bond motifs is 1. The summed E-state index contributed by atoms with van der Waals surface area (Å²) >= 11 is 0. The zero-order valence-corrected chi connectivity index (χ0v) is 8.44. The van der Waals surface area contributed by atoms with Crippen molar-refractivity contribution in [1.82, 2.24) is 30.0 Å². The number of hydrogen-bond donors (Lipinski definition) is 2. The number of rotatable bonds is 1. The van der Waals surface area contributed by atoms with Crippen molar-refractivity contribution in [3.63, 3.8) is 0 Å². The molecule has 0 radical (unpaired) electrons. The van der Waals surface area contributed by atoms with Gasteiger partial charge in [0.05, 0.1) is 23.8 Å². The molecule has 0 spiro atoms. The third-order valence-corrected chi connectivity index (χ3v) is 2.79. The highest BCUT2D eigenvalue weighted by molar-refractivity contribution is 5.18. The molecule has 0 aromatic carbocycles. The molecule has 1 aliphatic heterocycles. The van der Waals surface area contributed by atoms with E-state index in [0.29, 0.717) is 0 Å². The molecule has 6 nitrogen and oxygen atoms in total. The molecule has 0 saturated heterocycles. The Morgan fingerprint density at radius 2 is 2.40 bits per heavy atom. The molecular formula is C9H12N6. The van der Waals surface area contributed by atoms with E-state index in [2.05, 4.69) is 25.4 Å². The quantitative estimate of drug-likeness (QED) is 0.682. The summed E-state index contributed by atoms with van der Waals surface area (Å²) in [5.41, 5.74) is 2.30. The summed E-state index contributed by atoms with van der Waals surface area (Å²) in [6, 6.07) is 0.216. The summed E-state index contributed by atoms with van der Waals surface area (Å²) < 4.78 is 1.80. The standard InChI is InChI=1S/C9H12N6/c1-15-9(13-5-14-15)7-2-6-8(3-10-7)12-4-11-6/h4-5,7,10H,2-3H2,1H3,(H,11,12). The minimum absolute atomic E-state index is 0.216. The van der Waals surface area contributed by atoms with E-state index in [9.17, 15) is 0 Å². The van der Waals surface area contributed by atoms with E-state index in [1.807, 2.05) is 7.05 Å². The Balaban J connectivity index is 1.90. The molecule has 2 N–H and O–H groups in total. The fourth-order valence-corrected chi connectivity index (χ4v) is 1.97. The number of imidazole rings is 1. The maximum atomic E-state index is 4.29. The van der Waals surface area contributed by atoms with Crippen molar-refractivity contribution in [2.24, 2.45) is 7.05 Å². The highest BCUT2D eigenvalue weighted by Gasteiger charge is 2.24. The first-order valence-corrected chi connectivity index (χ1v) is 4.93. The van der Waals surface area contributed by atoms with Crippen LogP contribution in [0, 0.1) is 0 Å². The first-order valence-electron chi connectivity index (χ1n) is 4.93. The number of aryl methyl sites for hydroxylation is 1. The number of nitrogens with zero attached hydrogens (tertiary/aromatic N) is 4. The van der Waals surface area contributed by atoms with Gasteiger partial charge in [0.1, 0.15) is 12.2 Å². The van der Waals surface area contributed by atoms with Crippen molar-refractivity contribution in [1.29, 1.82) is 0 Å². The minimum atomic E-state index is 0.216. The van der Waals surface area contributed by atoms with E-state index in [1.165, 1.54) is 5.69 Å². The average molecular weight is 204 g/mol. The first kappa shape index (κ1) is 8.60. The van der Waals surface area contributed by atoms with Crippen molar-refractivity contribution >= 4 is 0 Å². The van der Waals surface area contributed by atoms with Crippen LogP contribution in [-0.4, -0.2) is 24.7 Å². The molecule has 6 heteroatoms. The van der Waals surface area contributed by atoms with Crippen molar-refractivity contribution in [3.8, 4) is 0 Å². The molecule has 0 fully saturated rings. The Morgan fingerprint density at radius 3 is 3.20 bits per heavy atom. The maximum absolute atomic E-state index is 4.29. The fraction of sp³-hybridized carbons (Fsp3) is 0.444. The third-order valence-electron chi connectivity index (χ3n) is 2.79. The number of aromatic amines is 1. The summed E-state index contributed by atoms with van der Waals surface area (Å²) in [5.74, 6) is 0.962. The van der Waals surface area contributed by atoms with Crippen LogP contribution in [0.4, 0.5) is 0 Å². The molecule has 78 valence electrons. The van der Waals surface area contributed by atoms with Gasteiger partial charge in [0.15, 0.2) is 0 Å². The van der Waals surface area contributed by atoms with Crippen LogP contribution in [0.3, 0.4) is 0 Å². The van der Waals surface area contributed by atoms with E-state index in [0.717, 1.165) is 24.5 Å². The molecule has 15 heavy (non-hydrogen) atoms. The maximum Gasteiger partial charge on any atom is 0.144 e. The zero-order valence-electron chi connectivity index (χ0n) is 8.44. The molecule has 1 atom stereocenters. The van der Waals surface area contributed by atoms with E-state index in [-0.39, 0.29) is 6.04 Å². The van der Waals surface area contributed by atoms with Gasteiger partial charge in [-0.25, -0.2) is 9.97 Å². The lowest BCUT2D eigenvalue weighted by molar-refractivity contribution is 0.450. The Hall–Kier alpha value is -1.69. The molecule has 3 heterocycles. The molecule has 0 aliphatic carbocycles. The van der Waals surface area contributed by atoms with Crippen LogP contribution in [0.5, 0.6) is 0 Å². The second-order valence-corrected chi connectivity index (χ2v) is 3.71. The number of nitrogens with one attached hydrogen (secondary N) is 2. The van der Waals surface area contributed by atoms with Crippen LogP contribution >= 0.6 is 0 Å². The average Bonchev–Trinajstić information content (AvgIpc) is 2.84. The third kappa shape index (κ3) is 1.33. The molecule has 0 saturated carbocycles.